The molecule has 3 aromatic rings. The number of pyridine rings is 2. The molecule has 1 aliphatic rings. The fraction of sp³-hybridized carbons (Fsp3) is 0.190. The summed E-state index contributed by atoms with van der Waals surface area (Å²) in [5, 5.41) is 2.80. The van der Waals surface area contributed by atoms with Crippen LogP contribution in [-0.4, -0.2) is 22.5 Å². The van der Waals surface area contributed by atoms with E-state index in [1.807, 2.05) is 6.07 Å². The minimum Gasteiger partial charge on any atom is -0.307 e. The van der Waals surface area contributed by atoms with Gasteiger partial charge in [0.05, 0.1) is 11.3 Å². The number of rotatable bonds is 2. The summed E-state index contributed by atoms with van der Waals surface area (Å²) in [5.74, 6) is 0.470. The number of hydrogen-bond donors (Lipinski definition) is 1. The van der Waals surface area contributed by atoms with E-state index in [0.717, 1.165) is 30.5 Å². The van der Waals surface area contributed by atoms with Crippen LogP contribution in [0.4, 0.5) is 29.5 Å². The van der Waals surface area contributed by atoms with Crippen LogP contribution in [-0.2, 0) is 12.6 Å². The van der Waals surface area contributed by atoms with Gasteiger partial charge in [-0.05, 0) is 48.7 Å². The molecular formula is C21H17F3N4O. The zero-order valence-electron chi connectivity index (χ0n) is 15.3. The van der Waals surface area contributed by atoms with E-state index < -0.39 is 11.7 Å². The molecule has 0 spiro atoms. The van der Waals surface area contributed by atoms with Crippen LogP contribution in [0.3, 0.4) is 0 Å². The van der Waals surface area contributed by atoms with E-state index in [4.69, 9.17) is 0 Å². The molecule has 0 unspecified atom stereocenters. The minimum atomic E-state index is -4.43. The van der Waals surface area contributed by atoms with Crippen molar-refractivity contribution in [3.05, 3.63) is 72.1 Å². The predicted octanol–water partition coefficient (Wildman–Crippen LogP) is 5.15. The first-order valence-corrected chi connectivity index (χ1v) is 9.08. The van der Waals surface area contributed by atoms with Gasteiger partial charge in [0.25, 0.3) is 0 Å². The Bertz CT molecular complexity index is 1040. The van der Waals surface area contributed by atoms with Crippen molar-refractivity contribution in [1.82, 2.24) is 9.97 Å². The van der Waals surface area contributed by atoms with Gasteiger partial charge in [-0.25, -0.2) is 9.78 Å². The summed E-state index contributed by atoms with van der Waals surface area (Å²) < 4.78 is 39.1. The van der Waals surface area contributed by atoms with Gasteiger partial charge >= 0.3 is 12.2 Å². The predicted molar refractivity (Wildman–Crippen MR) is 104 cm³/mol. The quantitative estimate of drug-likeness (QED) is 0.650. The second-order valence-corrected chi connectivity index (χ2v) is 6.68. The monoisotopic (exact) mass is 398 g/mol. The van der Waals surface area contributed by atoms with Gasteiger partial charge in [0, 0.05) is 30.2 Å². The van der Waals surface area contributed by atoms with Crippen LogP contribution in [0.25, 0.3) is 11.3 Å². The van der Waals surface area contributed by atoms with Crippen molar-refractivity contribution < 1.29 is 18.0 Å². The van der Waals surface area contributed by atoms with Gasteiger partial charge in [0.1, 0.15) is 5.82 Å². The molecule has 2 amide bonds. The molecular weight excluding hydrogens is 381 g/mol. The van der Waals surface area contributed by atoms with E-state index in [-0.39, 0.29) is 6.03 Å². The number of halogens is 3. The lowest BCUT2D eigenvalue weighted by molar-refractivity contribution is -0.137. The highest BCUT2D eigenvalue weighted by Gasteiger charge is 2.31. The summed E-state index contributed by atoms with van der Waals surface area (Å²) in [6.45, 7) is 0.475. The van der Waals surface area contributed by atoms with Crippen LogP contribution in [0.1, 0.15) is 17.5 Å². The van der Waals surface area contributed by atoms with Gasteiger partial charge in [0.15, 0.2) is 0 Å². The molecule has 148 valence electrons. The molecule has 0 bridgehead atoms. The number of carbonyl (C=O) groups excluding carboxylic acids is 1. The molecule has 1 aliphatic heterocycles. The van der Waals surface area contributed by atoms with E-state index in [1.54, 1.807) is 36.7 Å². The first-order valence-electron chi connectivity index (χ1n) is 9.08. The van der Waals surface area contributed by atoms with Gasteiger partial charge in [-0.15, -0.1) is 0 Å². The van der Waals surface area contributed by atoms with Crippen molar-refractivity contribution in [3.8, 4) is 11.3 Å². The van der Waals surface area contributed by atoms with Gasteiger partial charge in [0.2, 0.25) is 0 Å². The third kappa shape index (κ3) is 4.06. The molecule has 0 fully saturated rings. The smallest absolute Gasteiger partial charge is 0.307 e. The third-order valence-electron chi connectivity index (χ3n) is 4.70. The number of nitrogens with zero attached hydrogens (tertiary/aromatic N) is 3. The number of fused-ring (bicyclic) bond motifs is 1. The number of hydrogen-bond acceptors (Lipinski definition) is 3. The van der Waals surface area contributed by atoms with Crippen LogP contribution < -0.4 is 10.2 Å². The summed E-state index contributed by atoms with van der Waals surface area (Å²) in [6.07, 6.45) is 0.250. The molecule has 29 heavy (non-hydrogen) atoms. The Morgan fingerprint density at radius 1 is 1.07 bits per heavy atom. The Kier molecular flexibility index (Phi) is 4.92. The largest absolute Gasteiger partial charge is 0.416 e. The van der Waals surface area contributed by atoms with Crippen molar-refractivity contribution in [2.45, 2.75) is 19.0 Å². The van der Waals surface area contributed by atoms with Gasteiger partial charge in [-0.3, -0.25) is 9.88 Å². The summed E-state index contributed by atoms with van der Waals surface area (Å²) in [5.41, 5.74) is 1.49. The topological polar surface area (TPSA) is 58.1 Å². The van der Waals surface area contributed by atoms with E-state index in [0.29, 0.717) is 29.3 Å². The number of benzene rings is 1. The highest BCUT2D eigenvalue weighted by atomic mass is 19.4. The number of nitrogens with one attached hydrogen (secondary N) is 1. The molecule has 0 radical (unpaired) electrons. The fourth-order valence-corrected chi connectivity index (χ4v) is 3.28. The van der Waals surface area contributed by atoms with Gasteiger partial charge in [-0.1, -0.05) is 18.2 Å². The van der Waals surface area contributed by atoms with Crippen LogP contribution in [0.15, 0.2) is 60.9 Å². The Morgan fingerprint density at radius 3 is 2.62 bits per heavy atom. The highest BCUT2D eigenvalue weighted by molar-refractivity contribution is 6.01. The fourth-order valence-electron chi connectivity index (χ4n) is 3.28. The number of urea groups is 1. The maximum atomic E-state index is 13.0. The van der Waals surface area contributed by atoms with Crippen LogP contribution >= 0.6 is 0 Å². The minimum absolute atomic E-state index is 0.342. The lowest BCUT2D eigenvalue weighted by Crippen LogP contribution is -2.39. The summed E-state index contributed by atoms with van der Waals surface area (Å²) in [6, 6.07) is 11.6. The van der Waals surface area contributed by atoms with E-state index >= 15 is 0 Å². The molecule has 1 aromatic carbocycles. The molecule has 5 nitrogen and oxygen atoms in total. The maximum absolute atomic E-state index is 13.0. The lowest BCUT2D eigenvalue weighted by Gasteiger charge is -2.28. The van der Waals surface area contributed by atoms with Gasteiger partial charge < -0.3 is 5.32 Å². The molecule has 2 aromatic heterocycles. The number of anilines is 2. The summed E-state index contributed by atoms with van der Waals surface area (Å²) >= 11 is 0. The average molecular weight is 398 g/mol. The highest BCUT2D eigenvalue weighted by Crippen LogP contribution is 2.33. The van der Waals surface area contributed by atoms with Gasteiger partial charge in [-0.2, -0.15) is 13.2 Å². The third-order valence-corrected chi connectivity index (χ3v) is 4.70. The number of aromatic nitrogens is 2. The molecule has 4 rings (SSSR count). The average Bonchev–Trinajstić information content (AvgIpc) is 2.73. The second-order valence-electron chi connectivity index (χ2n) is 6.68. The summed E-state index contributed by atoms with van der Waals surface area (Å²) in [7, 11) is 0. The number of carbonyl (C=O) groups is 1. The van der Waals surface area contributed by atoms with Crippen molar-refractivity contribution in [2.24, 2.45) is 0 Å². The summed E-state index contributed by atoms with van der Waals surface area (Å²) in [4.78, 5) is 22.7. The first kappa shape index (κ1) is 18.9. The number of alkyl halides is 3. The second kappa shape index (κ2) is 7.54. The van der Waals surface area contributed by atoms with Crippen molar-refractivity contribution >= 4 is 17.5 Å². The van der Waals surface area contributed by atoms with Crippen molar-refractivity contribution in [3.63, 3.8) is 0 Å². The molecule has 0 aliphatic carbocycles. The SMILES string of the molecule is O=C(Nc1ccncc1)N1CCCc2ccc(-c3cccc(C(F)(F)F)c3)nc21. The maximum Gasteiger partial charge on any atom is 0.416 e. The zero-order chi connectivity index (χ0) is 20.4. The molecule has 1 N–H and O–H groups in total. The molecule has 3 heterocycles. The van der Waals surface area contributed by atoms with E-state index in [9.17, 15) is 18.0 Å². The molecule has 0 saturated carbocycles. The standard InChI is InChI=1S/C21H17F3N4O/c22-21(23,24)16-5-1-3-15(13-16)18-7-6-14-4-2-12-28(19(14)27-18)20(29)26-17-8-10-25-11-9-17/h1,3,5-11,13H,2,4,12H2,(H,25,26,29). The Hall–Kier alpha value is -3.42. The molecule has 0 atom stereocenters. The lowest BCUT2D eigenvalue weighted by atomic mass is 10.0. The number of aryl methyl sites for hydroxylation is 1. The Balaban J connectivity index is 1.66. The van der Waals surface area contributed by atoms with Crippen LogP contribution in [0.5, 0.6) is 0 Å². The Labute approximate surface area is 165 Å². The van der Waals surface area contributed by atoms with Crippen molar-refractivity contribution in [2.75, 3.05) is 16.8 Å². The Morgan fingerprint density at radius 2 is 1.86 bits per heavy atom. The van der Waals surface area contributed by atoms with Crippen molar-refractivity contribution in [1.29, 1.82) is 0 Å². The number of amides is 2. The van der Waals surface area contributed by atoms with Crippen LogP contribution in [0, 0.1) is 0 Å². The first-order chi connectivity index (χ1) is 13.9. The van der Waals surface area contributed by atoms with E-state index in [1.165, 1.54) is 11.0 Å². The van der Waals surface area contributed by atoms with Crippen LogP contribution in [0.2, 0.25) is 0 Å². The molecule has 0 saturated heterocycles. The van der Waals surface area contributed by atoms with E-state index in [2.05, 4.69) is 15.3 Å². The normalized spacial score (nSPS) is 13.7. The zero-order valence-corrected chi connectivity index (χ0v) is 15.3. The molecule has 8 heteroatoms.